The Labute approximate surface area is 93.8 Å². The molecule has 0 amide bonds. The van der Waals surface area contributed by atoms with Crippen molar-refractivity contribution in [3.05, 3.63) is 41.9 Å². The number of nitrogens with two attached hydrogens (primary N) is 1. The molecule has 0 saturated carbocycles. The van der Waals surface area contributed by atoms with E-state index < -0.39 is 0 Å². The molecule has 0 spiro atoms. The Morgan fingerprint density at radius 1 is 1.25 bits per heavy atom. The number of nitrogen functional groups attached to an aromatic ring is 1. The van der Waals surface area contributed by atoms with E-state index in [-0.39, 0.29) is 0 Å². The standard InChI is InChI=1S/C11H13N5/c1-8-2-4-13-9(6-8)7-15-11-14-5-3-10(12)16-11/h2-6H,7H2,1H3,(H3,12,14,15,16). The SMILES string of the molecule is Cc1ccnc(CNc2nccc(N)n2)c1. The normalized spacial score (nSPS) is 10.1. The van der Waals surface area contributed by atoms with Crippen molar-refractivity contribution in [3.63, 3.8) is 0 Å². The van der Waals surface area contributed by atoms with Crippen molar-refractivity contribution in [1.29, 1.82) is 0 Å². The van der Waals surface area contributed by atoms with Crippen LogP contribution >= 0.6 is 0 Å². The van der Waals surface area contributed by atoms with Crippen LogP contribution in [0, 0.1) is 6.92 Å². The Morgan fingerprint density at radius 3 is 2.81 bits per heavy atom. The molecule has 0 atom stereocenters. The molecule has 0 aliphatic carbocycles. The zero-order valence-electron chi connectivity index (χ0n) is 9.01. The first-order chi connectivity index (χ1) is 7.74. The van der Waals surface area contributed by atoms with Gasteiger partial charge in [0, 0.05) is 12.4 Å². The van der Waals surface area contributed by atoms with Crippen molar-refractivity contribution in [1.82, 2.24) is 15.0 Å². The Bertz CT molecular complexity index is 438. The number of aromatic nitrogens is 3. The maximum atomic E-state index is 5.54. The number of anilines is 2. The third kappa shape index (κ3) is 2.66. The quantitative estimate of drug-likeness (QED) is 0.808. The molecule has 5 nitrogen and oxygen atoms in total. The maximum absolute atomic E-state index is 5.54. The Kier molecular flexibility index (Phi) is 2.95. The predicted molar refractivity (Wildman–Crippen MR) is 62.7 cm³/mol. The summed E-state index contributed by atoms with van der Waals surface area (Å²) in [5.74, 6) is 0.970. The lowest BCUT2D eigenvalue weighted by Gasteiger charge is -2.04. The molecule has 0 aliphatic rings. The molecule has 16 heavy (non-hydrogen) atoms. The van der Waals surface area contributed by atoms with Gasteiger partial charge in [0.25, 0.3) is 0 Å². The van der Waals surface area contributed by atoms with Gasteiger partial charge in [0.2, 0.25) is 5.95 Å². The molecule has 0 radical (unpaired) electrons. The average Bonchev–Trinajstić information content (AvgIpc) is 2.27. The van der Waals surface area contributed by atoms with E-state index >= 15 is 0 Å². The molecule has 5 heteroatoms. The zero-order chi connectivity index (χ0) is 11.4. The molecule has 82 valence electrons. The van der Waals surface area contributed by atoms with Crippen molar-refractivity contribution in [2.45, 2.75) is 13.5 Å². The molecule has 0 unspecified atom stereocenters. The summed E-state index contributed by atoms with van der Waals surface area (Å²) in [5.41, 5.74) is 7.68. The third-order valence-corrected chi connectivity index (χ3v) is 2.08. The fraction of sp³-hybridized carbons (Fsp3) is 0.182. The fourth-order valence-corrected chi connectivity index (χ4v) is 1.32. The fourth-order valence-electron chi connectivity index (χ4n) is 1.32. The third-order valence-electron chi connectivity index (χ3n) is 2.08. The first-order valence-corrected chi connectivity index (χ1v) is 4.98. The zero-order valence-corrected chi connectivity index (χ0v) is 9.01. The van der Waals surface area contributed by atoms with Gasteiger partial charge >= 0.3 is 0 Å². The van der Waals surface area contributed by atoms with Crippen molar-refractivity contribution >= 4 is 11.8 Å². The number of pyridine rings is 1. The molecule has 2 aromatic rings. The largest absolute Gasteiger partial charge is 0.384 e. The van der Waals surface area contributed by atoms with Crippen LogP contribution in [0.2, 0.25) is 0 Å². The minimum atomic E-state index is 0.453. The van der Waals surface area contributed by atoms with Gasteiger partial charge in [0.1, 0.15) is 5.82 Å². The van der Waals surface area contributed by atoms with Crippen molar-refractivity contribution < 1.29 is 0 Å². The summed E-state index contributed by atoms with van der Waals surface area (Å²) in [6.07, 6.45) is 3.40. The monoisotopic (exact) mass is 215 g/mol. The maximum Gasteiger partial charge on any atom is 0.224 e. The highest BCUT2D eigenvalue weighted by Crippen LogP contribution is 2.04. The molecule has 0 saturated heterocycles. The van der Waals surface area contributed by atoms with Crippen LogP contribution < -0.4 is 11.1 Å². The van der Waals surface area contributed by atoms with Gasteiger partial charge in [-0.05, 0) is 30.7 Å². The molecule has 3 N–H and O–H groups in total. The highest BCUT2D eigenvalue weighted by molar-refractivity contribution is 5.35. The second-order valence-electron chi connectivity index (χ2n) is 3.48. The molecule has 2 heterocycles. The molecule has 0 aliphatic heterocycles. The van der Waals surface area contributed by atoms with E-state index in [1.807, 2.05) is 19.1 Å². The topological polar surface area (TPSA) is 76.7 Å². The molecule has 0 bridgehead atoms. The van der Waals surface area contributed by atoms with E-state index in [9.17, 15) is 0 Å². The summed E-state index contributed by atoms with van der Waals surface area (Å²) in [6, 6.07) is 5.62. The molecule has 0 fully saturated rings. The number of nitrogens with one attached hydrogen (secondary N) is 1. The number of aryl methyl sites for hydroxylation is 1. The van der Waals surface area contributed by atoms with Crippen LogP contribution in [-0.2, 0) is 6.54 Å². The summed E-state index contributed by atoms with van der Waals surface area (Å²) in [4.78, 5) is 12.3. The smallest absolute Gasteiger partial charge is 0.224 e. The predicted octanol–water partition coefficient (Wildman–Crippen LogP) is 1.37. The highest BCUT2D eigenvalue weighted by atomic mass is 15.1. The summed E-state index contributed by atoms with van der Waals surface area (Å²) in [6.45, 7) is 2.62. The number of nitrogens with zero attached hydrogens (tertiary/aromatic N) is 3. The second-order valence-corrected chi connectivity index (χ2v) is 3.48. The number of rotatable bonds is 3. The van der Waals surface area contributed by atoms with Crippen molar-refractivity contribution in [2.24, 2.45) is 0 Å². The first kappa shape index (κ1) is 10.4. The van der Waals surface area contributed by atoms with E-state index in [4.69, 9.17) is 5.73 Å². The summed E-state index contributed by atoms with van der Waals surface area (Å²) in [5, 5.41) is 3.06. The van der Waals surface area contributed by atoms with E-state index in [1.54, 1.807) is 18.5 Å². The second kappa shape index (κ2) is 4.57. The van der Waals surface area contributed by atoms with E-state index in [0.29, 0.717) is 18.3 Å². The van der Waals surface area contributed by atoms with Gasteiger partial charge in [-0.2, -0.15) is 4.98 Å². The number of hydrogen-bond donors (Lipinski definition) is 2. The van der Waals surface area contributed by atoms with Crippen LogP contribution in [0.15, 0.2) is 30.6 Å². The van der Waals surface area contributed by atoms with Gasteiger partial charge in [-0.1, -0.05) is 0 Å². The van der Waals surface area contributed by atoms with Crippen molar-refractivity contribution in [2.75, 3.05) is 11.1 Å². The summed E-state index contributed by atoms with van der Waals surface area (Å²) >= 11 is 0. The van der Waals surface area contributed by atoms with Crippen LogP contribution in [0.1, 0.15) is 11.3 Å². The van der Waals surface area contributed by atoms with Crippen LogP contribution in [0.5, 0.6) is 0 Å². The van der Waals surface area contributed by atoms with Gasteiger partial charge in [-0.3, -0.25) is 4.98 Å². The Morgan fingerprint density at radius 2 is 2.06 bits per heavy atom. The van der Waals surface area contributed by atoms with E-state index in [2.05, 4.69) is 20.3 Å². The lowest BCUT2D eigenvalue weighted by atomic mass is 10.2. The Hall–Kier alpha value is -2.17. The van der Waals surface area contributed by atoms with Gasteiger partial charge < -0.3 is 11.1 Å². The molecular formula is C11H13N5. The number of hydrogen-bond acceptors (Lipinski definition) is 5. The van der Waals surface area contributed by atoms with Gasteiger partial charge in [-0.25, -0.2) is 4.98 Å². The van der Waals surface area contributed by atoms with Crippen LogP contribution in [0.3, 0.4) is 0 Å². The van der Waals surface area contributed by atoms with Gasteiger partial charge in [0.05, 0.1) is 12.2 Å². The van der Waals surface area contributed by atoms with E-state index in [1.165, 1.54) is 5.56 Å². The van der Waals surface area contributed by atoms with Crippen molar-refractivity contribution in [3.8, 4) is 0 Å². The minimum absolute atomic E-state index is 0.453. The highest BCUT2D eigenvalue weighted by Gasteiger charge is 1.98. The molecule has 2 aromatic heterocycles. The average molecular weight is 215 g/mol. The van der Waals surface area contributed by atoms with Crippen LogP contribution in [0.25, 0.3) is 0 Å². The van der Waals surface area contributed by atoms with E-state index in [0.717, 1.165) is 5.69 Å². The molecule has 0 aromatic carbocycles. The molecule has 2 rings (SSSR count). The van der Waals surface area contributed by atoms with Gasteiger partial charge in [-0.15, -0.1) is 0 Å². The van der Waals surface area contributed by atoms with Gasteiger partial charge in [0.15, 0.2) is 0 Å². The summed E-state index contributed by atoms with van der Waals surface area (Å²) < 4.78 is 0. The Balaban J connectivity index is 2.02. The first-order valence-electron chi connectivity index (χ1n) is 4.98. The minimum Gasteiger partial charge on any atom is -0.384 e. The lowest BCUT2D eigenvalue weighted by molar-refractivity contribution is 0.998. The van der Waals surface area contributed by atoms with Crippen LogP contribution in [0.4, 0.5) is 11.8 Å². The van der Waals surface area contributed by atoms with Crippen LogP contribution in [-0.4, -0.2) is 15.0 Å². The summed E-state index contributed by atoms with van der Waals surface area (Å²) in [7, 11) is 0. The lowest BCUT2D eigenvalue weighted by Crippen LogP contribution is -2.06. The molecular weight excluding hydrogens is 202 g/mol.